The standard InChI is InChI=1S/C19H20ClNO4/c1-3-21(11-13-4-6-17-18(8-13)25-12-24-17)19(22)10-14-9-15(20)5-7-16(14)23-2/h4-9H,3,10-12H2,1-2H3. The van der Waals surface area contributed by atoms with Crippen LogP contribution in [-0.2, 0) is 17.8 Å². The maximum absolute atomic E-state index is 12.7. The number of rotatable bonds is 6. The van der Waals surface area contributed by atoms with Gasteiger partial charge in [0.1, 0.15) is 5.75 Å². The summed E-state index contributed by atoms with van der Waals surface area (Å²) in [6.45, 7) is 3.31. The number of fused-ring (bicyclic) bond motifs is 1. The zero-order valence-electron chi connectivity index (χ0n) is 14.3. The predicted molar refractivity (Wildman–Crippen MR) is 95.4 cm³/mol. The third-order valence-electron chi connectivity index (χ3n) is 4.13. The SMILES string of the molecule is CCN(Cc1ccc2c(c1)OCO2)C(=O)Cc1cc(Cl)ccc1OC. The maximum Gasteiger partial charge on any atom is 0.231 e. The molecule has 0 fully saturated rings. The van der Waals surface area contributed by atoms with Gasteiger partial charge in [0.25, 0.3) is 0 Å². The highest BCUT2D eigenvalue weighted by atomic mass is 35.5. The van der Waals surface area contributed by atoms with Crippen molar-refractivity contribution >= 4 is 17.5 Å². The predicted octanol–water partition coefficient (Wildman–Crippen LogP) is 3.67. The molecule has 1 heterocycles. The van der Waals surface area contributed by atoms with E-state index in [1.165, 1.54) is 0 Å². The van der Waals surface area contributed by atoms with Gasteiger partial charge >= 0.3 is 0 Å². The molecule has 0 saturated heterocycles. The molecule has 1 amide bonds. The van der Waals surface area contributed by atoms with Crippen molar-refractivity contribution < 1.29 is 19.0 Å². The highest BCUT2D eigenvalue weighted by molar-refractivity contribution is 6.30. The average Bonchev–Trinajstić information content (AvgIpc) is 3.07. The van der Waals surface area contributed by atoms with Gasteiger partial charge in [-0.3, -0.25) is 4.79 Å². The summed E-state index contributed by atoms with van der Waals surface area (Å²) in [5, 5.41) is 0.586. The lowest BCUT2D eigenvalue weighted by molar-refractivity contribution is -0.130. The van der Waals surface area contributed by atoms with E-state index in [1.807, 2.05) is 25.1 Å². The Morgan fingerprint density at radius 1 is 1.20 bits per heavy atom. The summed E-state index contributed by atoms with van der Waals surface area (Å²) in [5.41, 5.74) is 1.78. The second-order valence-corrected chi connectivity index (χ2v) is 6.16. The van der Waals surface area contributed by atoms with Crippen molar-refractivity contribution in [3.8, 4) is 17.2 Å². The van der Waals surface area contributed by atoms with Gasteiger partial charge in [0.2, 0.25) is 12.7 Å². The molecule has 25 heavy (non-hydrogen) atoms. The molecule has 0 unspecified atom stereocenters. The maximum atomic E-state index is 12.7. The first kappa shape index (κ1) is 17.4. The Hall–Kier alpha value is -2.40. The highest BCUT2D eigenvalue weighted by Crippen LogP contribution is 2.33. The number of ether oxygens (including phenoxy) is 3. The Bertz CT molecular complexity index is 778. The summed E-state index contributed by atoms with van der Waals surface area (Å²) in [7, 11) is 1.58. The average molecular weight is 362 g/mol. The first-order chi connectivity index (χ1) is 12.1. The molecule has 0 bridgehead atoms. The van der Waals surface area contributed by atoms with E-state index in [0.717, 1.165) is 22.6 Å². The number of nitrogens with zero attached hydrogens (tertiary/aromatic N) is 1. The summed E-state index contributed by atoms with van der Waals surface area (Å²) >= 11 is 6.05. The minimum atomic E-state index is 0.0146. The van der Waals surface area contributed by atoms with E-state index < -0.39 is 0 Å². The molecule has 0 saturated carbocycles. The Morgan fingerprint density at radius 2 is 2.00 bits per heavy atom. The summed E-state index contributed by atoms with van der Waals surface area (Å²) < 4.78 is 16.0. The molecule has 1 aliphatic rings. The minimum Gasteiger partial charge on any atom is -0.496 e. The molecular weight excluding hydrogens is 342 g/mol. The van der Waals surface area contributed by atoms with Gasteiger partial charge in [0.15, 0.2) is 11.5 Å². The second-order valence-electron chi connectivity index (χ2n) is 5.73. The van der Waals surface area contributed by atoms with Gasteiger partial charge in [-0.2, -0.15) is 0 Å². The number of halogens is 1. The van der Waals surface area contributed by atoms with Crippen molar-refractivity contribution in [3.63, 3.8) is 0 Å². The zero-order chi connectivity index (χ0) is 17.8. The van der Waals surface area contributed by atoms with Crippen LogP contribution in [0.5, 0.6) is 17.2 Å². The molecule has 0 atom stereocenters. The van der Waals surface area contributed by atoms with Crippen LogP contribution in [0.1, 0.15) is 18.1 Å². The van der Waals surface area contributed by atoms with Gasteiger partial charge in [-0.25, -0.2) is 0 Å². The van der Waals surface area contributed by atoms with Crippen molar-refractivity contribution in [3.05, 3.63) is 52.5 Å². The Balaban J connectivity index is 1.72. The molecule has 0 aromatic heterocycles. The monoisotopic (exact) mass is 361 g/mol. The number of likely N-dealkylation sites (N-methyl/N-ethyl adjacent to an activating group) is 1. The molecule has 5 nitrogen and oxygen atoms in total. The third-order valence-corrected chi connectivity index (χ3v) is 4.36. The summed E-state index contributed by atoms with van der Waals surface area (Å²) in [4.78, 5) is 14.5. The Morgan fingerprint density at radius 3 is 2.76 bits per heavy atom. The van der Waals surface area contributed by atoms with Gasteiger partial charge in [-0.15, -0.1) is 0 Å². The minimum absolute atomic E-state index is 0.0146. The molecule has 3 rings (SSSR count). The van der Waals surface area contributed by atoms with E-state index in [1.54, 1.807) is 30.2 Å². The van der Waals surface area contributed by atoms with Crippen LogP contribution in [0.2, 0.25) is 5.02 Å². The van der Waals surface area contributed by atoms with Crippen LogP contribution in [0, 0.1) is 0 Å². The number of hydrogen-bond donors (Lipinski definition) is 0. The fourth-order valence-corrected chi connectivity index (χ4v) is 2.99. The third kappa shape index (κ3) is 3.99. The van der Waals surface area contributed by atoms with Gasteiger partial charge < -0.3 is 19.1 Å². The lowest BCUT2D eigenvalue weighted by Gasteiger charge is -2.22. The molecule has 6 heteroatoms. The van der Waals surface area contributed by atoms with E-state index in [4.69, 9.17) is 25.8 Å². The Labute approximate surface area is 152 Å². The van der Waals surface area contributed by atoms with Crippen LogP contribution in [-0.4, -0.2) is 31.3 Å². The summed E-state index contributed by atoms with van der Waals surface area (Å²) in [5.74, 6) is 2.14. The number of carbonyl (C=O) groups excluding carboxylic acids is 1. The van der Waals surface area contributed by atoms with Crippen LogP contribution in [0.4, 0.5) is 0 Å². The quantitative estimate of drug-likeness (QED) is 0.787. The van der Waals surface area contributed by atoms with E-state index in [-0.39, 0.29) is 19.1 Å². The first-order valence-corrected chi connectivity index (χ1v) is 8.47. The largest absolute Gasteiger partial charge is 0.496 e. The van der Waals surface area contributed by atoms with Crippen LogP contribution < -0.4 is 14.2 Å². The molecular formula is C19H20ClNO4. The van der Waals surface area contributed by atoms with Crippen LogP contribution in [0.15, 0.2) is 36.4 Å². The van der Waals surface area contributed by atoms with E-state index in [0.29, 0.717) is 23.9 Å². The zero-order valence-corrected chi connectivity index (χ0v) is 15.0. The fourth-order valence-electron chi connectivity index (χ4n) is 2.80. The van der Waals surface area contributed by atoms with Gasteiger partial charge in [-0.1, -0.05) is 17.7 Å². The molecule has 0 spiro atoms. The van der Waals surface area contributed by atoms with E-state index >= 15 is 0 Å². The van der Waals surface area contributed by atoms with Crippen molar-refractivity contribution in [2.45, 2.75) is 19.9 Å². The number of methoxy groups -OCH3 is 1. The molecule has 0 radical (unpaired) electrons. The van der Waals surface area contributed by atoms with Crippen LogP contribution in [0.3, 0.4) is 0 Å². The Kier molecular flexibility index (Phi) is 5.34. The normalized spacial score (nSPS) is 12.1. The van der Waals surface area contributed by atoms with Gasteiger partial charge in [0, 0.05) is 23.7 Å². The molecule has 2 aromatic rings. The number of carbonyl (C=O) groups is 1. The van der Waals surface area contributed by atoms with Gasteiger partial charge in [0.05, 0.1) is 13.5 Å². The van der Waals surface area contributed by atoms with Crippen LogP contribution >= 0.6 is 11.6 Å². The van der Waals surface area contributed by atoms with Crippen molar-refractivity contribution in [1.29, 1.82) is 0 Å². The summed E-state index contributed by atoms with van der Waals surface area (Å²) in [6.07, 6.45) is 0.238. The summed E-state index contributed by atoms with van der Waals surface area (Å²) in [6, 6.07) is 11.0. The smallest absolute Gasteiger partial charge is 0.231 e. The molecule has 0 aliphatic carbocycles. The van der Waals surface area contributed by atoms with Crippen molar-refractivity contribution in [1.82, 2.24) is 4.90 Å². The van der Waals surface area contributed by atoms with Crippen LogP contribution in [0.25, 0.3) is 0 Å². The fraction of sp³-hybridized carbons (Fsp3) is 0.316. The van der Waals surface area contributed by atoms with E-state index in [9.17, 15) is 4.79 Å². The number of hydrogen-bond acceptors (Lipinski definition) is 4. The lowest BCUT2D eigenvalue weighted by atomic mass is 10.1. The molecule has 1 aliphatic heterocycles. The molecule has 2 aromatic carbocycles. The lowest BCUT2D eigenvalue weighted by Crippen LogP contribution is -2.31. The van der Waals surface area contributed by atoms with Gasteiger partial charge in [-0.05, 0) is 42.8 Å². The first-order valence-electron chi connectivity index (χ1n) is 8.09. The van der Waals surface area contributed by atoms with Crippen molar-refractivity contribution in [2.24, 2.45) is 0 Å². The molecule has 132 valence electrons. The van der Waals surface area contributed by atoms with E-state index in [2.05, 4.69) is 0 Å². The number of benzene rings is 2. The van der Waals surface area contributed by atoms with Crippen molar-refractivity contribution in [2.75, 3.05) is 20.4 Å². The topological polar surface area (TPSA) is 48.0 Å². The molecule has 0 N–H and O–H groups in total. The highest BCUT2D eigenvalue weighted by Gasteiger charge is 2.18. The second kappa shape index (κ2) is 7.66. The number of amides is 1.